The van der Waals surface area contributed by atoms with Gasteiger partial charge in [-0.15, -0.1) is 0 Å². The largest absolute Gasteiger partial charge is 0.495 e. The number of anilines is 1. The molecule has 0 aliphatic heterocycles. The summed E-state index contributed by atoms with van der Waals surface area (Å²) in [5, 5.41) is 4.05. The molecule has 5 rings (SSSR count). The number of benzene rings is 4. The van der Waals surface area contributed by atoms with Crippen molar-refractivity contribution in [3.63, 3.8) is 0 Å². The van der Waals surface area contributed by atoms with E-state index in [1.165, 1.54) is 42.3 Å². The zero-order chi connectivity index (χ0) is 34.3. The first-order valence-electron chi connectivity index (χ1n) is 15.6. The number of nitrogens with zero attached hydrogens (tertiary/aromatic N) is 2. The third-order valence-electron chi connectivity index (χ3n) is 8.36. The Labute approximate surface area is 296 Å². The normalized spacial score (nSPS) is 13.9. The van der Waals surface area contributed by atoms with Gasteiger partial charge in [0.05, 0.1) is 22.7 Å². The van der Waals surface area contributed by atoms with Gasteiger partial charge < -0.3 is 15.0 Å². The van der Waals surface area contributed by atoms with Crippen molar-refractivity contribution in [1.82, 2.24) is 10.2 Å². The van der Waals surface area contributed by atoms with E-state index in [0.29, 0.717) is 21.4 Å². The molecule has 0 bridgehead atoms. The van der Waals surface area contributed by atoms with Crippen LogP contribution in [-0.2, 0) is 32.6 Å². The lowest BCUT2D eigenvalue weighted by Gasteiger charge is -2.34. The Kier molecular flexibility index (Phi) is 11.9. The van der Waals surface area contributed by atoms with Crippen molar-refractivity contribution < 1.29 is 22.7 Å². The van der Waals surface area contributed by atoms with Crippen LogP contribution in [0, 0.1) is 0 Å². The molecule has 1 aliphatic carbocycles. The lowest BCUT2D eigenvalue weighted by Crippen LogP contribution is -2.54. The van der Waals surface area contributed by atoms with Gasteiger partial charge in [-0.3, -0.25) is 13.9 Å². The van der Waals surface area contributed by atoms with Crippen molar-refractivity contribution >= 4 is 62.3 Å². The first kappa shape index (κ1) is 35.5. The van der Waals surface area contributed by atoms with Crippen LogP contribution in [-0.4, -0.2) is 50.9 Å². The first-order chi connectivity index (χ1) is 23.1. The molecule has 0 saturated heterocycles. The maximum atomic E-state index is 14.7. The van der Waals surface area contributed by atoms with Gasteiger partial charge in [0.25, 0.3) is 10.0 Å². The summed E-state index contributed by atoms with van der Waals surface area (Å²) in [5.74, 6) is -0.599. The molecule has 48 heavy (non-hydrogen) atoms. The molecule has 4 aromatic carbocycles. The molecule has 4 aromatic rings. The van der Waals surface area contributed by atoms with E-state index in [9.17, 15) is 18.0 Å². The third-order valence-corrected chi connectivity index (χ3v) is 11.0. The van der Waals surface area contributed by atoms with Crippen molar-refractivity contribution in [3.05, 3.63) is 123 Å². The van der Waals surface area contributed by atoms with E-state index < -0.39 is 28.5 Å². The molecule has 2 amide bonds. The number of nitrogens with one attached hydrogen (secondary N) is 1. The number of methoxy groups -OCH3 is 1. The number of halogens is 3. The summed E-state index contributed by atoms with van der Waals surface area (Å²) in [6.07, 6.45) is 3.91. The summed E-state index contributed by atoms with van der Waals surface area (Å²) in [4.78, 5) is 30.2. The van der Waals surface area contributed by atoms with Gasteiger partial charge in [-0.2, -0.15) is 0 Å². The Morgan fingerprint density at radius 1 is 0.875 bits per heavy atom. The van der Waals surface area contributed by atoms with E-state index in [1.54, 1.807) is 36.4 Å². The van der Waals surface area contributed by atoms with Crippen LogP contribution in [0.4, 0.5) is 5.69 Å². The third kappa shape index (κ3) is 8.63. The van der Waals surface area contributed by atoms with Crippen molar-refractivity contribution in [2.75, 3.05) is 18.0 Å². The van der Waals surface area contributed by atoms with Crippen molar-refractivity contribution in [2.24, 2.45) is 0 Å². The Balaban J connectivity index is 1.59. The lowest BCUT2D eigenvalue weighted by atomic mass is 10.0. The molecule has 1 atom stereocenters. The molecule has 0 aromatic heterocycles. The molecule has 0 heterocycles. The minimum atomic E-state index is -4.29. The van der Waals surface area contributed by atoms with Gasteiger partial charge in [0, 0.05) is 29.1 Å². The Hall–Kier alpha value is -3.76. The highest BCUT2D eigenvalue weighted by Gasteiger charge is 2.36. The lowest BCUT2D eigenvalue weighted by molar-refractivity contribution is -0.140. The number of hydrogen-bond donors (Lipinski definition) is 1. The fraction of sp³-hybridized carbons (Fsp3) is 0.278. The highest BCUT2D eigenvalue weighted by Crippen LogP contribution is 2.33. The zero-order valence-electron chi connectivity index (χ0n) is 26.3. The van der Waals surface area contributed by atoms with Gasteiger partial charge in [-0.25, -0.2) is 8.42 Å². The summed E-state index contributed by atoms with van der Waals surface area (Å²) in [6, 6.07) is 25.6. The van der Waals surface area contributed by atoms with Gasteiger partial charge in [0.2, 0.25) is 11.8 Å². The highest BCUT2D eigenvalue weighted by molar-refractivity contribution is 7.92. The topological polar surface area (TPSA) is 96.0 Å². The number of amides is 2. The van der Waals surface area contributed by atoms with Crippen LogP contribution in [0.15, 0.2) is 102 Å². The number of carbonyl (C=O) groups is 2. The number of carbonyl (C=O) groups excluding carboxylic acids is 2. The van der Waals surface area contributed by atoms with Gasteiger partial charge in [0.15, 0.2) is 0 Å². The Morgan fingerprint density at radius 2 is 1.54 bits per heavy atom. The maximum Gasteiger partial charge on any atom is 0.264 e. The summed E-state index contributed by atoms with van der Waals surface area (Å²) in [5.41, 5.74) is 1.53. The van der Waals surface area contributed by atoms with E-state index >= 15 is 0 Å². The predicted molar refractivity (Wildman–Crippen MR) is 190 cm³/mol. The molecule has 0 spiro atoms. The van der Waals surface area contributed by atoms with Crippen LogP contribution in [0.1, 0.15) is 36.8 Å². The average Bonchev–Trinajstić information content (AvgIpc) is 3.59. The van der Waals surface area contributed by atoms with E-state index in [0.717, 1.165) is 35.6 Å². The first-order valence-corrected chi connectivity index (χ1v) is 18.1. The molecule has 1 fully saturated rings. The minimum absolute atomic E-state index is 0.0109. The highest BCUT2D eigenvalue weighted by atomic mass is 35.5. The number of sulfonamides is 1. The summed E-state index contributed by atoms with van der Waals surface area (Å²) < 4.78 is 34.7. The van der Waals surface area contributed by atoms with Gasteiger partial charge in [-0.1, -0.05) is 102 Å². The van der Waals surface area contributed by atoms with Crippen LogP contribution < -0.4 is 14.4 Å². The summed E-state index contributed by atoms with van der Waals surface area (Å²) in [6.45, 7) is -0.708. The van der Waals surface area contributed by atoms with Crippen LogP contribution in [0.5, 0.6) is 5.75 Å². The van der Waals surface area contributed by atoms with Gasteiger partial charge >= 0.3 is 0 Å². The molecule has 0 radical (unpaired) electrons. The van der Waals surface area contributed by atoms with Crippen LogP contribution in [0.2, 0.25) is 15.1 Å². The maximum absolute atomic E-state index is 14.7. The van der Waals surface area contributed by atoms with Crippen molar-refractivity contribution in [3.8, 4) is 5.75 Å². The quantitative estimate of drug-likeness (QED) is 0.154. The van der Waals surface area contributed by atoms with E-state index in [2.05, 4.69) is 5.32 Å². The molecule has 252 valence electrons. The molecule has 1 aliphatic rings. The second-order valence-corrected chi connectivity index (χ2v) is 14.7. The number of hydrogen-bond acceptors (Lipinski definition) is 5. The van der Waals surface area contributed by atoms with Crippen molar-refractivity contribution in [2.45, 2.75) is 55.6 Å². The minimum Gasteiger partial charge on any atom is -0.495 e. The second kappa shape index (κ2) is 16.1. The molecule has 1 N–H and O–H groups in total. The van der Waals surface area contributed by atoms with Crippen LogP contribution in [0.25, 0.3) is 0 Å². The van der Waals surface area contributed by atoms with Crippen molar-refractivity contribution in [1.29, 1.82) is 0 Å². The molecular weight excluding hydrogens is 693 g/mol. The van der Waals surface area contributed by atoms with Crippen LogP contribution in [0.3, 0.4) is 0 Å². The van der Waals surface area contributed by atoms with Gasteiger partial charge in [-0.05, 0) is 66.4 Å². The van der Waals surface area contributed by atoms with Crippen LogP contribution >= 0.6 is 34.8 Å². The fourth-order valence-electron chi connectivity index (χ4n) is 5.81. The van der Waals surface area contributed by atoms with E-state index in [4.69, 9.17) is 39.5 Å². The average molecular weight is 729 g/mol. The summed E-state index contributed by atoms with van der Waals surface area (Å²) in [7, 11) is -2.84. The standard InChI is InChI=1S/C36H36Cl3N3O5S/c1-47-34-19-18-29(22-32(34)39)42(48(45,46)30-14-6-3-7-15-30)24-35(43)41(23-26-16-17-27(37)21-31(26)38)33(20-25-10-4-2-5-11-25)36(44)40-28-12-8-9-13-28/h2-7,10-11,14-19,21-22,28,33H,8-9,12-13,20,23-24H2,1H3,(H,40,44). The fourth-order valence-corrected chi connectivity index (χ4v) is 7.96. The van der Waals surface area contributed by atoms with E-state index in [-0.39, 0.29) is 40.5 Å². The smallest absolute Gasteiger partial charge is 0.264 e. The molecular formula is C36H36Cl3N3O5S. The monoisotopic (exact) mass is 727 g/mol. The molecule has 8 nitrogen and oxygen atoms in total. The predicted octanol–water partition coefficient (Wildman–Crippen LogP) is 7.55. The Morgan fingerprint density at radius 3 is 2.17 bits per heavy atom. The zero-order valence-corrected chi connectivity index (χ0v) is 29.4. The molecule has 1 unspecified atom stereocenters. The SMILES string of the molecule is COc1ccc(N(CC(=O)N(Cc2ccc(Cl)cc2Cl)C(Cc2ccccc2)C(=O)NC2CCCC2)S(=O)(=O)c2ccccc2)cc1Cl. The molecule has 1 saturated carbocycles. The van der Waals surface area contributed by atoms with Gasteiger partial charge in [0.1, 0.15) is 18.3 Å². The number of ether oxygens (including phenoxy) is 1. The second-order valence-electron chi connectivity index (χ2n) is 11.6. The number of rotatable bonds is 13. The van der Waals surface area contributed by atoms with E-state index in [1.807, 2.05) is 30.3 Å². The summed E-state index contributed by atoms with van der Waals surface area (Å²) >= 11 is 19.2. The Bertz CT molecular complexity index is 1840. The molecule has 12 heteroatoms.